The minimum Gasteiger partial charge on any atom is -0.399 e. The quantitative estimate of drug-likeness (QED) is 0.539. The van der Waals surface area contributed by atoms with E-state index in [0.29, 0.717) is 17.1 Å². The lowest BCUT2D eigenvalue weighted by atomic mass is 10.2. The van der Waals surface area contributed by atoms with Gasteiger partial charge in [0.1, 0.15) is 0 Å². The molecule has 2 N–H and O–H groups in total. The maximum atomic E-state index is 5.58. The summed E-state index contributed by atoms with van der Waals surface area (Å²) in [5.74, 6) is 0.508. The van der Waals surface area contributed by atoms with E-state index < -0.39 is 0 Å². The standard InChI is InChI=1S/C7H6N3OP/c8-4-1-2-6-5(3-4)7(10-12)9-11-6/h1-3,12H,8H2. The Kier molecular flexibility index (Phi) is 1.55. The Balaban J connectivity index is 2.83. The largest absolute Gasteiger partial charge is 0.399 e. The van der Waals surface area contributed by atoms with Crippen LogP contribution < -0.4 is 5.73 Å². The molecule has 0 unspecified atom stereocenters. The lowest BCUT2D eigenvalue weighted by Gasteiger charge is -1.89. The van der Waals surface area contributed by atoms with Gasteiger partial charge in [-0.15, -0.1) is 0 Å². The van der Waals surface area contributed by atoms with E-state index in [1.165, 1.54) is 0 Å². The molecule has 0 saturated heterocycles. The lowest BCUT2D eigenvalue weighted by Crippen LogP contribution is -1.81. The van der Waals surface area contributed by atoms with Crippen LogP contribution >= 0.6 is 9.03 Å². The first kappa shape index (κ1) is 7.25. The third-order valence-electron chi connectivity index (χ3n) is 1.58. The SMILES string of the molecule is Nc1ccc2onc(N=P)c2c1. The van der Waals surface area contributed by atoms with E-state index in [1.54, 1.807) is 18.2 Å². The Bertz CT molecular complexity index is 437. The van der Waals surface area contributed by atoms with E-state index in [1.807, 2.05) is 0 Å². The summed E-state index contributed by atoms with van der Waals surface area (Å²) in [5, 5.41) is 4.52. The third kappa shape index (κ3) is 0.970. The van der Waals surface area contributed by atoms with Gasteiger partial charge in [-0.25, -0.2) is 4.74 Å². The van der Waals surface area contributed by atoms with Gasteiger partial charge in [-0.05, 0) is 27.2 Å². The number of benzene rings is 1. The summed E-state index contributed by atoms with van der Waals surface area (Å²) < 4.78 is 8.71. The summed E-state index contributed by atoms with van der Waals surface area (Å²) in [6.07, 6.45) is 0. The van der Waals surface area contributed by atoms with Crippen molar-refractivity contribution < 1.29 is 4.52 Å². The fraction of sp³-hybridized carbons (Fsp3) is 0. The molecule has 1 aromatic heterocycles. The van der Waals surface area contributed by atoms with Crippen molar-refractivity contribution in [1.82, 2.24) is 5.16 Å². The minimum absolute atomic E-state index is 0.508. The van der Waals surface area contributed by atoms with Gasteiger partial charge in [0.25, 0.3) is 0 Å². The Morgan fingerprint density at radius 1 is 1.50 bits per heavy atom. The molecule has 0 fully saturated rings. The number of hydrogen-bond donors (Lipinski definition) is 1. The van der Waals surface area contributed by atoms with Crippen molar-refractivity contribution in [2.24, 2.45) is 4.74 Å². The van der Waals surface area contributed by atoms with E-state index in [9.17, 15) is 0 Å². The van der Waals surface area contributed by atoms with Crippen LogP contribution in [0.5, 0.6) is 0 Å². The van der Waals surface area contributed by atoms with Gasteiger partial charge >= 0.3 is 0 Å². The maximum Gasteiger partial charge on any atom is 0.206 e. The van der Waals surface area contributed by atoms with Crippen LogP contribution in [0.4, 0.5) is 11.5 Å². The van der Waals surface area contributed by atoms with Crippen molar-refractivity contribution in [1.29, 1.82) is 0 Å². The molecule has 0 radical (unpaired) electrons. The predicted octanol–water partition coefficient (Wildman–Crippen LogP) is 2.37. The van der Waals surface area contributed by atoms with Gasteiger partial charge in [0.15, 0.2) is 5.58 Å². The summed E-state index contributed by atoms with van der Waals surface area (Å²) in [7, 11) is 2.99. The van der Waals surface area contributed by atoms with Crippen molar-refractivity contribution in [2.45, 2.75) is 0 Å². The molecule has 0 spiro atoms. The molecule has 5 heteroatoms. The molecule has 0 saturated carbocycles. The highest BCUT2D eigenvalue weighted by molar-refractivity contribution is 7.04. The van der Waals surface area contributed by atoms with Crippen molar-refractivity contribution in [2.75, 3.05) is 5.73 Å². The number of rotatable bonds is 1. The number of anilines is 1. The first-order valence-electron chi connectivity index (χ1n) is 3.33. The molecule has 2 rings (SSSR count). The average Bonchev–Trinajstić information content (AvgIpc) is 2.46. The Hall–Kier alpha value is -1.41. The molecule has 1 aromatic carbocycles. The van der Waals surface area contributed by atoms with Crippen LogP contribution in [-0.2, 0) is 0 Å². The summed E-state index contributed by atoms with van der Waals surface area (Å²) in [4.78, 5) is 0. The van der Waals surface area contributed by atoms with Gasteiger partial charge in [-0.2, -0.15) is 0 Å². The summed E-state index contributed by atoms with van der Waals surface area (Å²) in [6.45, 7) is 0. The number of nitrogens with two attached hydrogens (primary N) is 1. The molecule has 0 aliphatic heterocycles. The van der Waals surface area contributed by atoms with E-state index in [0.717, 1.165) is 5.39 Å². The van der Waals surface area contributed by atoms with Gasteiger partial charge in [-0.1, -0.05) is 5.16 Å². The molecule has 1 heterocycles. The maximum absolute atomic E-state index is 5.58. The van der Waals surface area contributed by atoms with Crippen LogP contribution in [0.1, 0.15) is 0 Å². The number of fused-ring (bicyclic) bond motifs is 1. The Labute approximate surface area is 70.7 Å². The van der Waals surface area contributed by atoms with Crippen molar-refractivity contribution in [3.63, 3.8) is 0 Å². The zero-order chi connectivity index (χ0) is 8.55. The van der Waals surface area contributed by atoms with E-state index >= 15 is 0 Å². The molecule has 60 valence electrons. The molecule has 0 aliphatic carbocycles. The number of nitrogens with zero attached hydrogens (tertiary/aromatic N) is 2. The highest BCUT2D eigenvalue weighted by Crippen LogP contribution is 2.27. The van der Waals surface area contributed by atoms with Gasteiger partial charge in [-0.3, -0.25) is 0 Å². The molecular formula is C7H6N3OP. The molecule has 12 heavy (non-hydrogen) atoms. The number of aromatic nitrogens is 1. The lowest BCUT2D eigenvalue weighted by molar-refractivity contribution is 0.459. The highest BCUT2D eigenvalue weighted by Gasteiger charge is 2.05. The van der Waals surface area contributed by atoms with Crippen molar-refractivity contribution in [3.8, 4) is 0 Å². The normalized spacial score (nSPS) is 10.3. The van der Waals surface area contributed by atoms with Gasteiger partial charge in [0, 0.05) is 5.69 Å². The van der Waals surface area contributed by atoms with E-state index in [-0.39, 0.29) is 0 Å². The van der Waals surface area contributed by atoms with Crippen LogP contribution in [0.25, 0.3) is 11.0 Å². The van der Waals surface area contributed by atoms with E-state index in [2.05, 4.69) is 18.9 Å². The van der Waals surface area contributed by atoms with Gasteiger partial charge in [0.2, 0.25) is 5.82 Å². The Morgan fingerprint density at radius 3 is 3.08 bits per heavy atom. The smallest absolute Gasteiger partial charge is 0.206 e. The molecule has 0 amide bonds. The van der Waals surface area contributed by atoms with Crippen LogP contribution in [0, 0.1) is 0 Å². The van der Waals surface area contributed by atoms with Crippen LogP contribution in [0.15, 0.2) is 27.5 Å². The average molecular weight is 179 g/mol. The second-order valence-electron chi connectivity index (χ2n) is 2.37. The zero-order valence-electron chi connectivity index (χ0n) is 6.11. The molecule has 4 nitrogen and oxygen atoms in total. The summed E-state index contributed by atoms with van der Waals surface area (Å²) in [6, 6.07) is 5.29. The number of nitrogen functional groups attached to an aromatic ring is 1. The van der Waals surface area contributed by atoms with Crippen LogP contribution in [0.2, 0.25) is 0 Å². The first-order chi connectivity index (χ1) is 5.81. The highest BCUT2D eigenvalue weighted by atomic mass is 31.0. The van der Waals surface area contributed by atoms with Crippen molar-refractivity contribution in [3.05, 3.63) is 18.2 Å². The number of hydrogen-bond acceptors (Lipinski definition) is 4. The van der Waals surface area contributed by atoms with Gasteiger partial charge < -0.3 is 10.3 Å². The Morgan fingerprint density at radius 2 is 2.33 bits per heavy atom. The monoisotopic (exact) mass is 179 g/mol. The second-order valence-corrected chi connectivity index (χ2v) is 2.60. The molecule has 2 aromatic rings. The van der Waals surface area contributed by atoms with E-state index in [4.69, 9.17) is 10.3 Å². The fourth-order valence-electron chi connectivity index (χ4n) is 1.02. The second kappa shape index (κ2) is 2.57. The van der Waals surface area contributed by atoms with Crippen LogP contribution in [-0.4, -0.2) is 5.16 Å². The molecular weight excluding hydrogens is 173 g/mol. The molecule has 0 atom stereocenters. The summed E-state index contributed by atoms with van der Waals surface area (Å²) in [5.41, 5.74) is 6.93. The zero-order valence-corrected chi connectivity index (χ0v) is 7.11. The van der Waals surface area contributed by atoms with Gasteiger partial charge in [0.05, 0.1) is 5.39 Å². The predicted molar refractivity (Wildman–Crippen MR) is 48.8 cm³/mol. The third-order valence-corrected chi connectivity index (χ3v) is 1.79. The fourth-order valence-corrected chi connectivity index (χ4v) is 1.19. The van der Waals surface area contributed by atoms with Crippen LogP contribution in [0.3, 0.4) is 0 Å². The minimum atomic E-state index is 0.508. The first-order valence-corrected chi connectivity index (χ1v) is 3.78. The topological polar surface area (TPSA) is 64.4 Å². The summed E-state index contributed by atoms with van der Waals surface area (Å²) >= 11 is 0. The molecule has 0 bridgehead atoms. The van der Waals surface area contributed by atoms with Crippen molar-refractivity contribution >= 4 is 31.5 Å². The molecule has 0 aliphatic rings.